The van der Waals surface area contributed by atoms with Gasteiger partial charge in [0.25, 0.3) is 0 Å². The minimum atomic E-state index is -0.193. The third-order valence-corrected chi connectivity index (χ3v) is 3.45. The van der Waals surface area contributed by atoms with Crippen molar-refractivity contribution in [3.8, 4) is 0 Å². The van der Waals surface area contributed by atoms with Gasteiger partial charge >= 0.3 is 5.69 Å². The van der Waals surface area contributed by atoms with Crippen LogP contribution < -0.4 is 5.69 Å². The van der Waals surface area contributed by atoms with Gasteiger partial charge in [0.2, 0.25) is 0 Å². The SMILES string of the molecule is Cc1cccc2nc(Cn3nc4cnccn4c3=O)cn12. The number of imidazole rings is 1. The molecule has 4 aromatic heterocycles. The van der Waals surface area contributed by atoms with E-state index in [1.54, 1.807) is 18.6 Å². The van der Waals surface area contributed by atoms with Gasteiger partial charge in [0.05, 0.1) is 18.4 Å². The van der Waals surface area contributed by atoms with E-state index in [9.17, 15) is 4.79 Å². The number of rotatable bonds is 2. The summed E-state index contributed by atoms with van der Waals surface area (Å²) >= 11 is 0. The monoisotopic (exact) mass is 280 g/mol. The zero-order valence-electron chi connectivity index (χ0n) is 11.3. The lowest BCUT2D eigenvalue weighted by Crippen LogP contribution is -2.21. The maximum atomic E-state index is 12.2. The molecule has 21 heavy (non-hydrogen) atoms. The molecule has 0 bridgehead atoms. The number of aromatic nitrogens is 6. The molecule has 7 heteroatoms. The molecule has 0 N–H and O–H groups in total. The third kappa shape index (κ3) is 1.82. The van der Waals surface area contributed by atoms with Crippen LogP contribution in [-0.4, -0.2) is 28.5 Å². The molecule has 0 aliphatic heterocycles. The Morgan fingerprint density at radius 3 is 2.90 bits per heavy atom. The van der Waals surface area contributed by atoms with Crippen molar-refractivity contribution in [2.75, 3.05) is 0 Å². The highest BCUT2D eigenvalue weighted by atomic mass is 16.2. The van der Waals surface area contributed by atoms with Gasteiger partial charge in [-0.3, -0.25) is 4.98 Å². The fourth-order valence-corrected chi connectivity index (χ4v) is 2.41. The van der Waals surface area contributed by atoms with Crippen LogP contribution >= 0.6 is 0 Å². The smallest absolute Gasteiger partial charge is 0.304 e. The molecule has 0 amide bonds. The molecule has 0 aromatic carbocycles. The van der Waals surface area contributed by atoms with Crippen molar-refractivity contribution in [2.24, 2.45) is 0 Å². The summed E-state index contributed by atoms with van der Waals surface area (Å²) in [6.07, 6.45) is 6.66. The van der Waals surface area contributed by atoms with Crippen molar-refractivity contribution in [1.82, 2.24) is 28.5 Å². The van der Waals surface area contributed by atoms with Crippen molar-refractivity contribution < 1.29 is 0 Å². The van der Waals surface area contributed by atoms with E-state index >= 15 is 0 Å². The third-order valence-electron chi connectivity index (χ3n) is 3.45. The Balaban J connectivity index is 1.81. The lowest BCUT2D eigenvalue weighted by Gasteiger charge is -1.96. The van der Waals surface area contributed by atoms with E-state index in [0.717, 1.165) is 17.0 Å². The Kier molecular flexibility index (Phi) is 2.41. The van der Waals surface area contributed by atoms with E-state index in [-0.39, 0.29) is 5.69 Å². The Labute approximate surface area is 119 Å². The molecule has 0 radical (unpaired) electrons. The molecular formula is C14H12N6O. The van der Waals surface area contributed by atoms with Gasteiger partial charge in [-0.25, -0.2) is 18.9 Å². The molecule has 0 atom stereocenters. The van der Waals surface area contributed by atoms with E-state index in [4.69, 9.17) is 0 Å². The highest BCUT2D eigenvalue weighted by Gasteiger charge is 2.09. The van der Waals surface area contributed by atoms with Gasteiger partial charge in [0.15, 0.2) is 5.65 Å². The maximum Gasteiger partial charge on any atom is 0.350 e. The fraction of sp³-hybridized carbons (Fsp3) is 0.143. The molecule has 0 saturated heterocycles. The summed E-state index contributed by atoms with van der Waals surface area (Å²) in [7, 11) is 0. The number of fused-ring (bicyclic) bond motifs is 2. The molecule has 4 rings (SSSR count). The van der Waals surface area contributed by atoms with Crippen LogP contribution in [0.1, 0.15) is 11.4 Å². The van der Waals surface area contributed by atoms with Crippen LogP contribution in [0, 0.1) is 6.92 Å². The van der Waals surface area contributed by atoms with Crippen LogP contribution in [-0.2, 0) is 6.54 Å². The topological polar surface area (TPSA) is 69.5 Å². The largest absolute Gasteiger partial charge is 0.350 e. The van der Waals surface area contributed by atoms with E-state index in [0.29, 0.717) is 12.2 Å². The zero-order chi connectivity index (χ0) is 14.4. The summed E-state index contributed by atoms with van der Waals surface area (Å²) < 4.78 is 4.86. The van der Waals surface area contributed by atoms with Crippen LogP contribution in [0.15, 0.2) is 47.8 Å². The Bertz CT molecular complexity index is 1010. The Morgan fingerprint density at radius 1 is 1.19 bits per heavy atom. The highest BCUT2D eigenvalue weighted by molar-refractivity contribution is 5.41. The zero-order valence-corrected chi connectivity index (χ0v) is 11.3. The highest BCUT2D eigenvalue weighted by Crippen LogP contribution is 2.09. The molecule has 104 valence electrons. The van der Waals surface area contributed by atoms with Gasteiger partial charge in [-0.1, -0.05) is 6.07 Å². The molecule has 7 nitrogen and oxygen atoms in total. The summed E-state index contributed by atoms with van der Waals surface area (Å²) in [6, 6.07) is 5.91. The Hall–Kier alpha value is -2.96. The molecule has 0 aliphatic rings. The second-order valence-electron chi connectivity index (χ2n) is 4.87. The second kappa shape index (κ2) is 4.27. The summed E-state index contributed by atoms with van der Waals surface area (Å²) in [5.74, 6) is 0. The predicted molar refractivity (Wildman–Crippen MR) is 76.3 cm³/mol. The lowest BCUT2D eigenvalue weighted by molar-refractivity contribution is 0.649. The summed E-state index contributed by atoms with van der Waals surface area (Å²) in [5, 5.41) is 4.26. The summed E-state index contributed by atoms with van der Waals surface area (Å²) in [5.41, 5.74) is 3.09. The van der Waals surface area contributed by atoms with E-state index in [1.165, 1.54) is 9.08 Å². The Morgan fingerprint density at radius 2 is 2.10 bits per heavy atom. The van der Waals surface area contributed by atoms with Crippen LogP contribution in [0.4, 0.5) is 0 Å². The minimum Gasteiger partial charge on any atom is -0.304 e. The van der Waals surface area contributed by atoms with E-state index in [1.807, 2.05) is 35.7 Å². The van der Waals surface area contributed by atoms with Gasteiger partial charge in [-0.05, 0) is 19.1 Å². The second-order valence-corrected chi connectivity index (χ2v) is 4.87. The maximum absolute atomic E-state index is 12.2. The first-order chi connectivity index (χ1) is 10.2. The fourth-order valence-electron chi connectivity index (χ4n) is 2.41. The number of nitrogens with zero attached hydrogens (tertiary/aromatic N) is 6. The standard InChI is InChI=1S/C14H12N6O/c1-10-3-2-4-12-16-11(8-19(10)12)9-20-14(21)18-6-5-15-7-13(18)17-20/h2-8H,9H2,1H3. The van der Waals surface area contributed by atoms with Gasteiger partial charge in [-0.2, -0.15) is 0 Å². The number of hydrogen-bond donors (Lipinski definition) is 0. The molecule has 0 spiro atoms. The van der Waals surface area contributed by atoms with Crippen molar-refractivity contribution in [2.45, 2.75) is 13.5 Å². The first kappa shape index (κ1) is 11.8. The van der Waals surface area contributed by atoms with Crippen molar-refractivity contribution in [1.29, 1.82) is 0 Å². The van der Waals surface area contributed by atoms with Gasteiger partial charge in [0.1, 0.15) is 5.65 Å². The summed E-state index contributed by atoms with van der Waals surface area (Å²) in [6.45, 7) is 2.35. The average Bonchev–Trinajstić information content (AvgIpc) is 3.03. The van der Waals surface area contributed by atoms with E-state index < -0.39 is 0 Å². The van der Waals surface area contributed by atoms with E-state index in [2.05, 4.69) is 15.1 Å². The molecule has 0 fully saturated rings. The normalized spacial score (nSPS) is 11.5. The van der Waals surface area contributed by atoms with Crippen LogP contribution in [0.5, 0.6) is 0 Å². The first-order valence-corrected chi connectivity index (χ1v) is 6.55. The van der Waals surface area contributed by atoms with Crippen LogP contribution in [0.25, 0.3) is 11.3 Å². The molecular weight excluding hydrogens is 268 g/mol. The summed E-state index contributed by atoms with van der Waals surface area (Å²) in [4.78, 5) is 20.7. The van der Waals surface area contributed by atoms with Crippen molar-refractivity contribution in [3.63, 3.8) is 0 Å². The van der Waals surface area contributed by atoms with Crippen LogP contribution in [0.3, 0.4) is 0 Å². The lowest BCUT2D eigenvalue weighted by atomic mass is 10.4. The first-order valence-electron chi connectivity index (χ1n) is 6.55. The minimum absolute atomic E-state index is 0.193. The van der Waals surface area contributed by atoms with Gasteiger partial charge in [-0.15, -0.1) is 5.10 Å². The van der Waals surface area contributed by atoms with Crippen molar-refractivity contribution >= 4 is 11.3 Å². The number of aryl methyl sites for hydroxylation is 1. The van der Waals surface area contributed by atoms with Crippen molar-refractivity contribution in [3.05, 3.63) is 64.9 Å². The molecule has 0 saturated carbocycles. The predicted octanol–water partition coefficient (Wildman–Crippen LogP) is 0.895. The molecule has 4 heterocycles. The van der Waals surface area contributed by atoms with Gasteiger partial charge in [0, 0.05) is 24.3 Å². The van der Waals surface area contributed by atoms with Gasteiger partial charge < -0.3 is 4.40 Å². The number of hydrogen-bond acceptors (Lipinski definition) is 4. The molecule has 0 unspecified atom stereocenters. The molecule has 0 aliphatic carbocycles. The molecule has 4 aromatic rings. The van der Waals surface area contributed by atoms with Crippen LogP contribution in [0.2, 0.25) is 0 Å². The quantitative estimate of drug-likeness (QED) is 0.547. The number of pyridine rings is 1. The average molecular weight is 280 g/mol.